The maximum absolute atomic E-state index is 11.9. The van der Waals surface area contributed by atoms with Crippen LogP contribution in [0.15, 0.2) is 24.3 Å². The van der Waals surface area contributed by atoms with Gasteiger partial charge >= 0.3 is 0 Å². The van der Waals surface area contributed by atoms with Crippen molar-refractivity contribution in [3.8, 4) is 0 Å². The van der Waals surface area contributed by atoms with Crippen LogP contribution >= 0.6 is 11.8 Å². The Balaban J connectivity index is 1.52. The minimum Gasteiger partial charge on any atom is -0.355 e. The molecule has 2 rings (SSSR count). The van der Waals surface area contributed by atoms with Crippen LogP contribution in [0.1, 0.15) is 38.2 Å². The Morgan fingerprint density at radius 2 is 2.04 bits per heavy atom. The highest BCUT2D eigenvalue weighted by Gasteiger charge is 2.17. The molecule has 2 amide bonds. The number of likely N-dealkylation sites (tertiary alicyclic amines) is 1. The Morgan fingerprint density at radius 1 is 1.23 bits per heavy atom. The lowest BCUT2D eigenvalue weighted by Gasteiger charge is -2.33. The van der Waals surface area contributed by atoms with Gasteiger partial charge < -0.3 is 15.5 Å². The molecule has 26 heavy (non-hydrogen) atoms. The van der Waals surface area contributed by atoms with Gasteiger partial charge in [-0.3, -0.25) is 9.59 Å². The van der Waals surface area contributed by atoms with Crippen molar-refractivity contribution in [1.82, 2.24) is 10.2 Å². The van der Waals surface area contributed by atoms with Crippen LogP contribution in [0.25, 0.3) is 0 Å². The summed E-state index contributed by atoms with van der Waals surface area (Å²) in [6.45, 7) is 7.21. The largest absolute Gasteiger partial charge is 0.355 e. The highest BCUT2D eigenvalue weighted by Crippen LogP contribution is 2.16. The van der Waals surface area contributed by atoms with Crippen molar-refractivity contribution in [3.05, 3.63) is 29.8 Å². The predicted molar refractivity (Wildman–Crippen MR) is 110 cm³/mol. The minimum atomic E-state index is -0.0764. The molecule has 0 saturated carbocycles. The maximum atomic E-state index is 11.9. The molecule has 1 aromatic carbocycles. The molecule has 0 spiro atoms. The van der Waals surface area contributed by atoms with Gasteiger partial charge in [0, 0.05) is 24.8 Å². The molecule has 6 heteroatoms. The normalized spacial score (nSPS) is 17.7. The van der Waals surface area contributed by atoms with Crippen LogP contribution in [0, 0.1) is 6.92 Å². The first-order chi connectivity index (χ1) is 12.5. The number of nitrogens with zero attached hydrogens (tertiary/aromatic N) is 1. The van der Waals surface area contributed by atoms with Gasteiger partial charge in [0.15, 0.2) is 0 Å². The molecule has 144 valence electrons. The SMILES string of the molecule is Cc1cccc(NC(=O)CSCC(=O)NCCCN2CCCCC2C)c1. The van der Waals surface area contributed by atoms with Gasteiger partial charge in [0.2, 0.25) is 11.8 Å². The molecule has 0 aliphatic carbocycles. The van der Waals surface area contributed by atoms with E-state index < -0.39 is 0 Å². The first-order valence-corrected chi connectivity index (χ1v) is 10.6. The summed E-state index contributed by atoms with van der Waals surface area (Å²) >= 11 is 1.34. The van der Waals surface area contributed by atoms with Gasteiger partial charge in [-0.05, 0) is 57.4 Å². The zero-order valence-electron chi connectivity index (χ0n) is 15.9. The van der Waals surface area contributed by atoms with Crippen LogP contribution in [0.4, 0.5) is 5.69 Å². The van der Waals surface area contributed by atoms with E-state index >= 15 is 0 Å². The van der Waals surface area contributed by atoms with Gasteiger partial charge in [0.05, 0.1) is 11.5 Å². The Labute approximate surface area is 161 Å². The Morgan fingerprint density at radius 3 is 2.81 bits per heavy atom. The Hall–Kier alpha value is -1.53. The van der Waals surface area contributed by atoms with Crippen molar-refractivity contribution < 1.29 is 9.59 Å². The summed E-state index contributed by atoms with van der Waals surface area (Å²) in [6.07, 6.45) is 4.89. The fraction of sp³-hybridized carbons (Fsp3) is 0.600. The summed E-state index contributed by atoms with van der Waals surface area (Å²) < 4.78 is 0. The average molecular weight is 378 g/mol. The highest BCUT2D eigenvalue weighted by atomic mass is 32.2. The number of aryl methyl sites for hydroxylation is 1. The Kier molecular flexibility index (Phi) is 8.98. The zero-order chi connectivity index (χ0) is 18.8. The highest BCUT2D eigenvalue weighted by molar-refractivity contribution is 8.00. The van der Waals surface area contributed by atoms with Crippen LogP contribution in [0.3, 0.4) is 0 Å². The van der Waals surface area contributed by atoms with E-state index in [0.717, 1.165) is 24.2 Å². The van der Waals surface area contributed by atoms with E-state index in [1.807, 2.05) is 31.2 Å². The molecule has 1 aliphatic rings. The van der Waals surface area contributed by atoms with Gasteiger partial charge in [-0.1, -0.05) is 18.6 Å². The number of carbonyl (C=O) groups is 2. The van der Waals surface area contributed by atoms with Gasteiger partial charge in [0.1, 0.15) is 0 Å². The predicted octanol–water partition coefficient (Wildman–Crippen LogP) is 3.05. The molecule has 5 nitrogen and oxygen atoms in total. The van der Waals surface area contributed by atoms with Crippen LogP contribution in [0.5, 0.6) is 0 Å². The summed E-state index contributed by atoms with van der Waals surface area (Å²) in [6, 6.07) is 8.36. The summed E-state index contributed by atoms with van der Waals surface area (Å²) in [7, 11) is 0. The quantitative estimate of drug-likeness (QED) is 0.650. The zero-order valence-corrected chi connectivity index (χ0v) is 16.7. The number of benzene rings is 1. The van der Waals surface area contributed by atoms with Crippen molar-refractivity contribution in [3.63, 3.8) is 0 Å². The number of thioether (sulfide) groups is 1. The lowest BCUT2D eigenvalue weighted by molar-refractivity contribution is -0.118. The van der Waals surface area contributed by atoms with E-state index in [4.69, 9.17) is 0 Å². The molecule has 2 N–H and O–H groups in total. The molecule has 0 bridgehead atoms. The summed E-state index contributed by atoms with van der Waals surface area (Å²) in [5.41, 5.74) is 1.90. The number of rotatable bonds is 9. The summed E-state index contributed by atoms with van der Waals surface area (Å²) in [5, 5.41) is 5.80. The molecule has 1 atom stereocenters. The molecule has 1 saturated heterocycles. The van der Waals surface area contributed by atoms with Crippen molar-refractivity contribution >= 4 is 29.3 Å². The average Bonchev–Trinajstić information content (AvgIpc) is 2.60. The van der Waals surface area contributed by atoms with Crippen molar-refractivity contribution in [2.45, 2.75) is 45.6 Å². The van der Waals surface area contributed by atoms with Crippen LogP contribution in [-0.2, 0) is 9.59 Å². The monoisotopic (exact) mass is 377 g/mol. The van der Waals surface area contributed by atoms with E-state index in [1.54, 1.807) is 0 Å². The first kappa shape index (κ1) is 20.8. The van der Waals surface area contributed by atoms with Crippen LogP contribution < -0.4 is 10.6 Å². The number of piperidine rings is 1. The molecule has 0 aromatic heterocycles. The third kappa shape index (κ3) is 7.79. The Bertz CT molecular complexity index is 594. The summed E-state index contributed by atoms with van der Waals surface area (Å²) in [5.74, 6) is 0.533. The van der Waals surface area contributed by atoms with Gasteiger partial charge in [-0.15, -0.1) is 11.8 Å². The second-order valence-electron chi connectivity index (χ2n) is 6.99. The molecular weight excluding hydrogens is 346 g/mol. The number of amides is 2. The maximum Gasteiger partial charge on any atom is 0.234 e. The third-order valence-electron chi connectivity index (χ3n) is 4.65. The lowest BCUT2D eigenvalue weighted by atomic mass is 10.0. The number of hydrogen-bond acceptors (Lipinski definition) is 4. The topological polar surface area (TPSA) is 61.4 Å². The van der Waals surface area contributed by atoms with Crippen molar-refractivity contribution in [1.29, 1.82) is 0 Å². The van der Waals surface area contributed by atoms with E-state index in [9.17, 15) is 9.59 Å². The molecule has 1 fully saturated rings. The molecule has 1 aliphatic heterocycles. The number of anilines is 1. The van der Waals surface area contributed by atoms with Gasteiger partial charge in [0.25, 0.3) is 0 Å². The fourth-order valence-corrected chi connectivity index (χ4v) is 3.85. The number of nitrogens with one attached hydrogen (secondary N) is 2. The lowest BCUT2D eigenvalue weighted by Crippen LogP contribution is -2.39. The van der Waals surface area contributed by atoms with E-state index in [2.05, 4.69) is 22.5 Å². The second kappa shape index (κ2) is 11.2. The first-order valence-electron chi connectivity index (χ1n) is 9.49. The van der Waals surface area contributed by atoms with E-state index in [-0.39, 0.29) is 17.6 Å². The molecular formula is C20H31N3O2S. The third-order valence-corrected chi connectivity index (χ3v) is 5.59. The van der Waals surface area contributed by atoms with Crippen LogP contribution in [0.2, 0.25) is 0 Å². The van der Waals surface area contributed by atoms with E-state index in [1.165, 1.54) is 37.6 Å². The second-order valence-corrected chi connectivity index (χ2v) is 7.98. The van der Waals surface area contributed by atoms with Crippen LogP contribution in [-0.4, -0.2) is 53.9 Å². The molecule has 1 heterocycles. The fourth-order valence-electron chi connectivity index (χ4n) is 3.21. The minimum absolute atomic E-state index is 0.00467. The van der Waals surface area contributed by atoms with Crippen molar-refractivity contribution in [2.24, 2.45) is 0 Å². The van der Waals surface area contributed by atoms with Crippen molar-refractivity contribution in [2.75, 3.05) is 36.5 Å². The molecule has 0 radical (unpaired) electrons. The number of hydrogen-bond donors (Lipinski definition) is 2. The standard InChI is InChI=1S/C20H31N3O2S/c1-16-7-5-9-18(13-16)22-20(25)15-26-14-19(24)21-10-6-12-23-11-4-3-8-17(23)2/h5,7,9,13,17H,3-4,6,8,10-12,14-15H2,1-2H3,(H,21,24)(H,22,25). The smallest absolute Gasteiger partial charge is 0.234 e. The van der Waals surface area contributed by atoms with Gasteiger partial charge in [-0.25, -0.2) is 0 Å². The molecule has 1 aromatic rings. The van der Waals surface area contributed by atoms with Gasteiger partial charge in [-0.2, -0.15) is 0 Å². The number of carbonyl (C=O) groups excluding carboxylic acids is 2. The summed E-state index contributed by atoms with van der Waals surface area (Å²) in [4.78, 5) is 26.3. The van der Waals surface area contributed by atoms with E-state index in [0.29, 0.717) is 18.3 Å². The molecule has 1 unspecified atom stereocenters.